The minimum absolute atomic E-state index is 0.251. The van der Waals surface area contributed by atoms with Gasteiger partial charge in [-0.3, -0.25) is 4.79 Å². The van der Waals surface area contributed by atoms with Crippen LogP contribution in [0.5, 0.6) is 17.2 Å². The number of nitrogens with one attached hydrogen (secondary N) is 1. The highest BCUT2D eigenvalue weighted by Gasteiger charge is 2.17. The maximum absolute atomic E-state index is 11.0. The number of hydrogen-bond acceptors (Lipinski definition) is 5. The number of aliphatic carboxylic acids is 1. The van der Waals surface area contributed by atoms with Gasteiger partial charge in [-0.15, -0.1) is 0 Å². The molecule has 0 spiro atoms. The Hall–Kier alpha value is -1.95. The number of carboxylic acid groups (broad SMARTS) is 1. The van der Waals surface area contributed by atoms with E-state index in [1.54, 1.807) is 32.4 Å². The van der Waals surface area contributed by atoms with E-state index in [2.05, 4.69) is 5.32 Å². The molecule has 0 aliphatic heterocycles. The van der Waals surface area contributed by atoms with E-state index < -0.39 is 12.0 Å². The van der Waals surface area contributed by atoms with Crippen molar-refractivity contribution >= 4 is 5.97 Å². The molecule has 2 N–H and O–H groups in total. The molecular formula is C14H21NO5. The van der Waals surface area contributed by atoms with E-state index in [1.165, 1.54) is 0 Å². The highest BCUT2D eigenvalue weighted by Crippen LogP contribution is 2.36. The van der Waals surface area contributed by atoms with Crippen LogP contribution < -0.4 is 19.5 Å². The van der Waals surface area contributed by atoms with E-state index in [0.29, 0.717) is 30.2 Å². The van der Waals surface area contributed by atoms with E-state index in [9.17, 15) is 4.79 Å². The monoisotopic (exact) mass is 283 g/mol. The van der Waals surface area contributed by atoms with Gasteiger partial charge >= 0.3 is 5.97 Å². The molecule has 0 aromatic heterocycles. The Morgan fingerprint density at radius 3 is 2.35 bits per heavy atom. The largest absolute Gasteiger partial charge is 0.493 e. The third-order valence-electron chi connectivity index (χ3n) is 2.78. The molecule has 6 nitrogen and oxygen atoms in total. The number of ether oxygens (including phenoxy) is 3. The van der Waals surface area contributed by atoms with E-state index in [-0.39, 0.29) is 6.61 Å². The highest BCUT2D eigenvalue weighted by molar-refractivity contribution is 5.73. The van der Waals surface area contributed by atoms with Crippen LogP contribution in [0, 0.1) is 0 Å². The molecule has 1 aromatic rings. The number of rotatable bonds is 9. The third-order valence-corrected chi connectivity index (χ3v) is 2.78. The minimum Gasteiger partial charge on any atom is -0.493 e. The van der Waals surface area contributed by atoms with Crippen molar-refractivity contribution in [1.82, 2.24) is 5.32 Å². The fourth-order valence-corrected chi connectivity index (χ4v) is 1.80. The van der Waals surface area contributed by atoms with E-state index in [0.717, 1.165) is 0 Å². The topological polar surface area (TPSA) is 77.0 Å². The zero-order chi connectivity index (χ0) is 15.0. The summed E-state index contributed by atoms with van der Waals surface area (Å²) in [5.74, 6) is 0.708. The van der Waals surface area contributed by atoms with Crippen LogP contribution in [0.3, 0.4) is 0 Å². The summed E-state index contributed by atoms with van der Waals surface area (Å²) in [5, 5.41) is 11.9. The molecule has 1 atom stereocenters. The number of carboxylic acids is 1. The molecule has 1 unspecified atom stereocenters. The standard InChI is InChI=1S/C14H21NO5/c1-4-15-10(14(16)17)8-9-20-13-11(18-2)6-5-7-12(13)19-3/h5-7,10,15H,4,8-9H2,1-3H3,(H,16,17). The van der Waals surface area contributed by atoms with Gasteiger partial charge in [0.2, 0.25) is 5.75 Å². The molecule has 0 fully saturated rings. The second kappa shape index (κ2) is 8.27. The van der Waals surface area contributed by atoms with E-state index in [4.69, 9.17) is 19.3 Å². The van der Waals surface area contributed by atoms with Crippen LogP contribution >= 0.6 is 0 Å². The average Bonchev–Trinajstić information content (AvgIpc) is 2.46. The predicted octanol–water partition coefficient (Wildman–Crippen LogP) is 1.54. The summed E-state index contributed by atoms with van der Waals surface area (Å²) in [6.07, 6.45) is 0.352. The number of benzene rings is 1. The van der Waals surface area contributed by atoms with Crippen LogP contribution in [0.2, 0.25) is 0 Å². The van der Waals surface area contributed by atoms with Crippen molar-refractivity contribution < 1.29 is 24.1 Å². The molecular weight excluding hydrogens is 262 g/mol. The number of hydrogen-bond donors (Lipinski definition) is 2. The lowest BCUT2D eigenvalue weighted by Crippen LogP contribution is -2.37. The van der Waals surface area contributed by atoms with Crippen LogP contribution in [0.4, 0.5) is 0 Å². The molecule has 0 amide bonds. The highest BCUT2D eigenvalue weighted by atomic mass is 16.5. The lowest BCUT2D eigenvalue weighted by Gasteiger charge is -2.16. The fraction of sp³-hybridized carbons (Fsp3) is 0.500. The molecule has 0 heterocycles. The second-order valence-corrected chi connectivity index (χ2v) is 4.08. The predicted molar refractivity (Wildman–Crippen MR) is 74.8 cm³/mol. The van der Waals surface area contributed by atoms with Crippen LogP contribution in [0.15, 0.2) is 18.2 Å². The van der Waals surface area contributed by atoms with Crippen molar-refractivity contribution in [3.8, 4) is 17.2 Å². The van der Waals surface area contributed by atoms with Gasteiger partial charge in [-0.05, 0) is 18.7 Å². The summed E-state index contributed by atoms with van der Waals surface area (Å²) in [6.45, 7) is 2.70. The Morgan fingerprint density at radius 2 is 1.90 bits per heavy atom. The number of carbonyl (C=O) groups is 1. The zero-order valence-corrected chi connectivity index (χ0v) is 12.0. The molecule has 0 radical (unpaired) electrons. The number of methoxy groups -OCH3 is 2. The first-order chi connectivity index (χ1) is 9.63. The molecule has 0 saturated heterocycles. The molecule has 6 heteroatoms. The smallest absolute Gasteiger partial charge is 0.320 e. The molecule has 0 saturated carbocycles. The van der Waals surface area contributed by atoms with Gasteiger partial charge in [-0.2, -0.15) is 0 Å². The van der Waals surface area contributed by atoms with Crippen molar-refractivity contribution in [3.63, 3.8) is 0 Å². The first-order valence-corrected chi connectivity index (χ1v) is 6.44. The lowest BCUT2D eigenvalue weighted by atomic mass is 10.2. The van der Waals surface area contributed by atoms with Crippen LogP contribution in [-0.4, -0.2) is 44.5 Å². The average molecular weight is 283 g/mol. The number of para-hydroxylation sites is 1. The van der Waals surface area contributed by atoms with Crippen LogP contribution in [0.25, 0.3) is 0 Å². The fourth-order valence-electron chi connectivity index (χ4n) is 1.80. The maximum Gasteiger partial charge on any atom is 0.320 e. The Bertz CT molecular complexity index is 413. The molecule has 1 aromatic carbocycles. The normalized spacial score (nSPS) is 11.8. The first kappa shape index (κ1) is 16.1. The van der Waals surface area contributed by atoms with Gasteiger partial charge in [-0.25, -0.2) is 0 Å². The third kappa shape index (κ3) is 4.31. The van der Waals surface area contributed by atoms with Crippen molar-refractivity contribution in [2.24, 2.45) is 0 Å². The van der Waals surface area contributed by atoms with Crippen molar-refractivity contribution in [1.29, 1.82) is 0 Å². The van der Waals surface area contributed by atoms with Crippen LogP contribution in [0.1, 0.15) is 13.3 Å². The Balaban J connectivity index is 2.67. The summed E-state index contributed by atoms with van der Waals surface area (Å²) in [6, 6.07) is 4.69. The van der Waals surface area contributed by atoms with Crippen molar-refractivity contribution in [3.05, 3.63) is 18.2 Å². The Kier molecular flexibility index (Phi) is 6.66. The van der Waals surface area contributed by atoms with E-state index in [1.807, 2.05) is 6.92 Å². The van der Waals surface area contributed by atoms with Gasteiger partial charge in [0.25, 0.3) is 0 Å². The lowest BCUT2D eigenvalue weighted by molar-refractivity contribution is -0.139. The summed E-state index contributed by atoms with van der Waals surface area (Å²) >= 11 is 0. The summed E-state index contributed by atoms with van der Waals surface area (Å²) in [7, 11) is 3.08. The van der Waals surface area contributed by atoms with Crippen molar-refractivity contribution in [2.75, 3.05) is 27.4 Å². The zero-order valence-electron chi connectivity index (χ0n) is 12.0. The quantitative estimate of drug-likeness (QED) is 0.716. The molecule has 0 aliphatic rings. The van der Waals surface area contributed by atoms with Gasteiger partial charge in [0, 0.05) is 6.42 Å². The molecule has 0 aliphatic carbocycles. The van der Waals surface area contributed by atoms with Gasteiger partial charge in [0.05, 0.1) is 20.8 Å². The van der Waals surface area contributed by atoms with Gasteiger partial charge in [-0.1, -0.05) is 13.0 Å². The molecule has 20 heavy (non-hydrogen) atoms. The SMILES string of the molecule is CCNC(CCOc1c(OC)cccc1OC)C(=O)O. The van der Waals surface area contributed by atoms with Gasteiger partial charge in [0.1, 0.15) is 6.04 Å². The first-order valence-electron chi connectivity index (χ1n) is 6.44. The van der Waals surface area contributed by atoms with Crippen molar-refractivity contribution in [2.45, 2.75) is 19.4 Å². The Labute approximate surface area is 118 Å². The van der Waals surface area contributed by atoms with Gasteiger partial charge < -0.3 is 24.6 Å². The second-order valence-electron chi connectivity index (χ2n) is 4.08. The van der Waals surface area contributed by atoms with E-state index >= 15 is 0 Å². The molecule has 112 valence electrons. The maximum atomic E-state index is 11.0. The summed E-state index contributed by atoms with van der Waals surface area (Å²) in [5.41, 5.74) is 0. The summed E-state index contributed by atoms with van der Waals surface area (Å²) in [4.78, 5) is 11.0. The summed E-state index contributed by atoms with van der Waals surface area (Å²) < 4.78 is 16.0. The number of likely N-dealkylation sites (N-methyl/N-ethyl adjacent to an activating group) is 1. The minimum atomic E-state index is -0.887. The van der Waals surface area contributed by atoms with Gasteiger partial charge in [0.15, 0.2) is 11.5 Å². The molecule has 0 bridgehead atoms. The van der Waals surface area contributed by atoms with Crippen LogP contribution in [-0.2, 0) is 4.79 Å². The molecule has 1 rings (SSSR count). The Morgan fingerprint density at radius 1 is 1.30 bits per heavy atom.